The van der Waals surface area contributed by atoms with Crippen LogP contribution in [0.4, 0.5) is 0 Å². The van der Waals surface area contributed by atoms with Gasteiger partial charge in [0.2, 0.25) is 0 Å². The molecule has 5 nitrogen and oxygen atoms in total. The van der Waals surface area contributed by atoms with Crippen molar-refractivity contribution in [3.8, 4) is 11.5 Å². The highest BCUT2D eigenvalue weighted by molar-refractivity contribution is 6.17. The Hall–Kier alpha value is -1.75. The number of methoxy groups -OCH3 is 2. The topological polar surface area (TPSA) is 49.2 Å². The largest absolute Gasteiger partial charge is 0.493 e. The summed E-state index contributed by atoms with van der Waals surface area (Å²) in [6.07, 6.45) is 3.72. The molecule has 0 radical (unpaired) electrons. The zero-order valence-corrected chi connectivity index (χ0v) is 12.4. The van der Waals surface area contributed by atoms with E-state index in [0.29, 0.717) is 18.2 Å². The van der Waals surface area contributed by atoms with Gasteiger partial charge in [0.25, 0.3) is 0 Å². The number of alkyl halides is 1. The SMILES string of the molecule is COc1ccc(Cn2cc(CCCCl)nn2)cc1OC. The highest BCUT2D eigenvalue weighted by atomic mass is 35.5. The van der Waals surface area contributed by atoms with E-state index in [1.54, 1.807) is 14.2 Å². The molecule has 1 aromatic carbocycles. The summed E-state index contributed by atoms with van der Waals surface area (Å²) in [6.45, 7) is 0.647. The van der Waals surface area contributed by atoms with Gasteiger partial charge in [-0.05, 0) is 30.5 Å². The van der Waals surface area contributed by atoms with E-state index in [1.165, 1.54) is 0 Å². The number of hydrogen-bond acceptors (Lipinski definition) is 4. The third kappa shape index (κ3) is 3.63. The van der Waals surface area contributed by atoms with Gasteiger partial charge in [-0.15, -0.1) is 16.7 Å². The van der Waals surface area contributed by atoms with Gasteiger partial charge in [-0.25, -0.2) is 4.68 Å². The van der Waals surface area contributed by atoms with Crippen LogP contribution in [0.5, 0.6) is 11.5 Å². The molecule has 0 spiro atoms. The molecule has 0 aliphatic carbocycles. The van der Waals surface area contributed by atoms with Crippen LogP contribution in [-0.2, 0) is 13.0 Å². The Morgan fingerprint density at radius 1 is 1.20 bits per heavy atom. The first-order valence-electron chi connectivity index (χ1n) is 6.42. The van der Waals surface area contributed by atoms with Crippen LogP contribution in [0.2, 0.25) is 0 Å². The fourth-order valence-corrected chi connectivity index (χ4v) is 2.08. The molecule has 1 aromatic heterocycles. The summed E-state index contributed by atoms with van der Waals surface area (Å²) in [6, 6.07) is 5.82. The van der Waals surface area contributed by atoms with Crippen molar-refractivity contribution < 1.29 is 9.47 Å². The average Bonchev–Trinajstić information content (AvgIpc) is 2.92. The van der Waals surface area contributed by atoms with E-state index >= 15 is 0 Å². The molecule has 0 N–H and O–H groups in total. The van der Waals surface area contributed by atoms with Gasteiger partial charge < -0.3 is 9.47 Å². The number of halogens is 1. The van der Waals surface area contributed by atoms with Gasteiger partial charge in [-0.2, -0.15) is 0 Å². The van der Waals surface area contributed by atoms with E-state index in [-0.39, 0.29) is 0 Å². The molecular weight excluding hydrogens is 278 g/mol. The Kier molecular flexibility index (Phi) is 5.24. The van der Waals surface area contributed by atoms with E-state index in [2.05, 4.69) is 10.3 Å². The quantitative estimate of drug-likeness (QED) is 0.737. The fourth-order valence-electron chi connectivity index (χ4n) is 1.94. The fraction of sp³-hybridized carbons (Fsp3) is 0.429. The van der Waals surface area contributed by atoms with E-state index in [4.69, 9.17) is 21.1 Å². The number of nitrogens with zero attached hydrogens (tertiary/aromatic N) is 3. The zero-order valence-electron chi connectivity index (χ0n) is 11.7. The predicted octanol–water partition coefficient (Wildman–Crippen LogP) is 2.52. The van der Waals surface area contributed by atoms with Gasteiger partial charge in [0.1, 0.15) is 0 Å². The summed E-state index contributed by atoms with van der Waals surface area (Å²) in [5, 5.41) is 8.24. The molecule has 0 unspecified atom stereocenters. The predicted molar refractivity (Wildman–Crippen MR) is 77.7 cm³/mol. The monoisotopic (exact) mass is 295 g/mol. The van der Waals surface area contributed by atoms with Crippen LogP contribution < -0.4 is 9.47 Å². The van der Waals surface area contributed by atoms with Crippen molar-refractivity contribution in [3.63, 3.8) is 0 Å². The van der Waals surface area contributed by atoms with Gasteiger partial charge in [0.05, 0.1) is 26.5 Å². The average molecular weight is 296 g/mol. The standard InChI is InChI=1S/C14H18ClN3O2/c1-19-13-6-5-11(8-14(13)20-2)9-18-10-12(16-17-18)4-3-7-15/h5-6,8,10H,3-4,7,9H2,1-2H3. The molecule has 0 aliphatic rings. The van der Waals surface area contributed by atoms with Crippen molar-refractivity contribution >= 4 is 11.6 Å². The summed E-state index contributed by atoms with van der Waals surface area (Å²) in [7, 11) is 3.25. The van der Waals surface area contributed by atoms with Crippen molar-refractivity contribution in [2.24, 2.45) is 0 Å². The lowest BCUT2D eigenvalue weighted by molar-refractivity contribution is 0.354. The van der Waals surface area contributed by atoms with E-state index in [9.17, 15) is 0 Å². The molecule has 0 atom stereocenters. The third-order valence-corrected chi connectivity index (χ3v) is 3.21. The second kappa shape index (κ2) is 7.14. The minimum absolute atomic E-state index is 0.641. The van der Waals surface area contributed by atoms with E-state index in [1.807, 2.05) is 29.1 Å². The highest BCUT2D eigenvalue weighted by Gasteiger charge is 2.06. The molecular formula is C14H18ClN3O2. The van der Waals surface area contributed by atoms with Crippen LogP contribution in [0.15, 0.2) is 24.4 Å². The Balaban J connectivity index is 2.07. The second-order valence-corrected chi connectivity index (χ2v) is 4.77. The maximum absolute atomic E-state index is 5.67. The Morgan fingerprint density at radius 2 is 2.00 bits per heavy atom. The normalized spacial score (nSPS) is 10.6. The zero-order chi connectivity index (χ0) is 14.4. The first-order valence-corrected chi connectivity index (χ1v) is 6.96. The highest BCUT2D eigenvalue weighted by Crippen LogP contribution is 2.27. The van der Waals surface area contributed by atoms with Crippen molar-refractivity contribution in [3.05, 3.63) is 35.7 Å². The van der Waals surface area contributed by atoms with E-state index in [0.717, 1.165) is 29.8 Å². The summed E-state index contributed by atoms with van der Waals surface area (Å²) < 4.78 is 12.3. The maximum Gasteiger partial charge on any atom is 0.161 e. The third-order valence-electron chi connectivity index (χ3n) is 2.95. The van der Waals surface area contributed by atoms with Crippen molar-refractivity contribution in [1.82, 2.24) is 15.0 Å². The molecule has 1 heterocycles. The smallest absolute Gasteiger partial charge is 0.161 e. The Labute approximate surface area is 123 Å². The van der Waals surface area contributed by atoms with Crippen molar-refractivity contribution in [2.75, 3.05) is 20.1 Å². The van der Waals surface area contributed by atoms with Gasteiger partial charge in [0, 0.05) is 12.1 Å². The molecule has 0 saturated heterocycles. The number of ether oxygens (including phenoxy) is 2. The van der Waals surface area contributed by atoms with Gasteiger partial charge in [-0.1, -0.05) is 11.3 Å². The molecule has 0 bridgehead atoms. The number of aryl methyl sites for hydroxylation is 1. The summed E-state index contributed by atoms with van der Waals surface area (Å²) >= 11 is 5.67. The Bertz CT molecular complexity index is 557. The van der Waals surface area contributed by atoms with Crippen LogP contribution in [0.1, 0.15) is 17.7 Å². The molecule has 0 fully saturated rings. The Morgan fingerprint density at radius 3 is 2.70 bits per heavy atom. The second-order valence-electron chi connectivity index (χ2n) is 4.39. The molecule has 0 aliphatic heterocycles. The van der Waals surface area contributed by atoms with Gasteiger partial charge >= 0.3 is 0 Å². The number of rotatable bonds is 7. The molecule has 2 aromatic rings. The van der Waals surface area contributed by atoms with Crippen LogP contribution >= 0.6 is 11.6 Å². The van der Waals surface area contributed by atoms with E-state index < -0.39 is 0 Å². The van der Waals surface area contributed by atoms with Crippen LogP contribution in [0, 0.1) is 0 Å². The number of aromatic nitrogens is 3. The lowest BCUT2D eigenvalue weighted by atomic mass is 10.2. The maximum atomic E-state index is 5.67. The molecule has 108 valence electrons. The lowest BCUT2D eigenvalue weighted by Crippen LogP contribution is -2.01. The number of hydrogen-bond donors (Lipinski definition) is 0. The van der Waals surface area contributed by atoms with Crippen LogP contribution in [-0.4, -0.2) is 35.1 Å². The van der Waals surface area contributed by atoms with Gasteiger partial charge in [-0.3, -0.25) is 0 Å². The summed E-state index contributed by atoms with van der Waals surface area (Å²) in [5.41, 5.74) is 2.04. The van der Waals surface area contributed by atoms with Crippen LogP contribution in [0.25, 0.3) is 0 Å². The van der Waals surface area contributed by atoms with Crippen molar-refractivity contribution in [2.45, 2.75) is 19.4 Å². The summed E-state index contributed by atoms with van der Waals surface area (Å²) in [5.74, 6) is 2.08. The number of benzene rings is 1. The molecule has 6 heteroatoms. The first-order chi connectivity index (χ1) is 9.76. The summed E-state index contributed by atoms with van der Waals surface area (Å²) in [4.78, 5) is 0. The lowest BCUT2D eigenvalue weighted by Gasteiger charge is -2.09. The van der Waals surface area contributed by atoms with Crippen molar-refractivity contribution in [1.29, 1.82) is 0 Å². The minimum atomic E-state index is 0.641. The molecule has 2 rings (SSSR count). The minimum Gasteiger partial charge on any atom is -0.493 e. The first kappa shape index (κ1) is 14.7. The molecule has 0 saturated carbocycles. The molecule has 20 heavy (non-hydrogen) atoms. The van der Waals surface area contributed by atoms with Crippen LogP contribution in [0.3, 0.4) is 0 Å². The molecule has 0 amide bonds. The van der Waals surface area contributed by atoms with Gasteiger partial charge in [0.15, 0.2) is 11.5 Å².